The predicted molar refractivity (Wildman–Crippen MR) is 63.1 cm³/mol. The first-order chi connectivity index (χ1) is 8.48. The third-order valence-electron chi connectivity index (χ3n) is 1.98. The van der Waals surface area contributed by atoms with Gasteiger partial charge >= 0.3 is 6.18 Å². The van der Waals surface area contributed by atoms with Crippen LogP contribution in [-0.4, -0.2) is 26.7 Å². The summed E-state index contributed by atoms with van der Waals surface area (Å²) in [6.07, 6.45) is -4.36. The SMILES string of the molecule is COc1cccc(CBr)c1OCOCC(F)(F)F. The van der Waals surface area contributed by atoms with E-state index in [0.29, 0.717) is 16.8 Å². The van der Waals surface area contributed by atoms with E-state index < -0.39 is 19.6 Å². The highest BCUT2D eigenvalue weighted by molar-refractivity contribution is 9.08. The molecule has 0 aliphatic heterocycles. The van der Waals surface area contributed by atoms with Crippen molar-refractivity contribution in [3.8, 4) is 11.5 Å². The van der Waals surface area contributed by atoms with Crippen LogP contribution in [0.25, 0.3) is 0 Å². The van der Waals surface area contributed by atoms with Crippen molar-refractivity contribution in [1.29, 1.82) is 0 Å². The molecule has 3 nitrogen and oxygen atoms in total. The Hall–Kier alpha value is -0.950. The van der Waals surface area contributed by atoms with Gasteiger partial charge in [0.05, 0.1) is 7.11 Å². The van der Waals surface area contributed by atoms with Crippen LogP contribution in [0.4, 0.5) is 13.2 Å². The summed E-state index contributed by atoms with van der Waals surface area (Å²) >= 11 is 3.26. The number of hydrogen-bond acceptors (Lipinski definition) is 3. The Morgan fingerprint density at radius 3 is 2.56 bits per heavy atom. The van der Waals surface area contributed by atoms with Crippen LogP contribution in [0.3, 0.4) is 0 Å². The summed E-state index contributed by atoms with van der Waals surface area (Å²) in [6, 6.07) is 5.19. The fraction of sp³-hybridized carbons (Fsp3) is 0.455. The van der Waals surface area contributed by atoms with Gasteiger partial charge in [-0.25, -0.2) is 0 Å². The maximum absolute atomic E-state index is 11.9. The molecule has 0 saturated heterocycles. The van der Waals surface area contributed by atoms with Crippen LogP contribution < -0.4 is 9.47 Å². The largest absolute Gasteiger partial charge is 0.493 e. The summed E-state index contributed by atoms with van der Waals surface area (Å²) in [5.41, 5.74) is 0.768. The molecule has 0 saturated carbocycles. The molecule has 0 radical (unpaired) electrons. The minimum absolute atomic E-state index is 0.374. The highest BCUT2D eigenvalue weighted by Gasteiger charge is 2.27. The number of halogens is 4. The van der Waals surface area contributed by atoms with Crippen LogP contribution >= 0.6 is 15.9 Å². The summed E-state index contributed by atoms with van der Waals surface area (Å²) in [6.45, 7) is -1.83. The van der Waals surface area contributed by atoms with Crippen molar-refractivity contribution in [2.45, 2.75) is 11.5 Å². The zero-order valence-corrected chi connectivity index (χ0v) is 11.2. The highest BCUT2D eigenvalue weighted by atomic mass is 79.9. The highest BCUT2D eigenvalue weighted by Crippen LogP contribution is 2.32. The lowest BCUT2D eigenvalue weighted by Crippen LogP contribution is -2.19. The monoisotopic (exact) mass is 328 g/mol. The number of methoxy groups -OCH3 is 1. The molecule has 102 valence electrons. The predicted octanol–water partition coefficient (Wildman–Crippen LogP) is 3.51. The number of rotatable bonds is 6. The van der Waals surface area contributed by atoms with E-state index in [2.05, 4.69) is 20.7 Å². The summed E-state index contributed by atoms with van der Waals surface area (Å²) in [4.78, 5) is 0. The third-order valence-corrected chi connectivity index (χ3v) is 2.58. The summed E-state index contributed by atoms with van der Waals surface area (Å²) in [5, 5.41) is 0.499. The average molecular weight is 329 g/mol. The second-order valence-electron chi connectivity index (χ2n) is 3.31. The van der Waals surface area contributed by atoms with Crippen molar-refractivity contribution < 1.29 is 27.4 Å². The van der Waals surface area contributed by atoms with Gasteiger partial charge in [-0.15, -0.1) is 0 Å². The summed E-state index contributed by atoms with van der Waals surface area (Å²) < 4.78 is 50.2. The number of para-hydroxylation sites is 1. The Labute approximate surface area is 111 Å². The standard InChI is InChI=1S/C11H12BrF3O3/c1-16-9-4-2-3-8(5-12)10(9)18-7-17-6-11(13,14)15/h2-4H,5-7H2,1H3. The second kappa shape index (κ2) is 6.84. The molecule has 7 heteroatoms. The van der Waals surface area contributed by atoms with Gasteiger partial charge in [0.2, 0.25) is 0 Å². The first-order valence-electron chi connectivity index (χ1n) is 4.97. The molecule has 0 aromatic heterocycles. The molecule has 0 spiro atoms. The molecule has 0 amide bonds. The number of benzene rings is 1. The van der Waals surface area contributed by atoms with Gasteiger partial charge in [-0.05, 0) is 6.07 Å². The van der Waals surface area contributed by atoms with Crippen LogP contribution in [0.2, 0.25) is 0 Å². The Morgan fingerprint density at radius 2 is 2.00 bits per heavy atom. The van der Waals surface area contributed by atoms with Gasteiger partial charge in [-0.2, -0.15) is 13.2 Å². The summed E-state index contributed by atoms with van der Waals surface area (Å²) in [5.74, 6) is 0.821. The molecule has 0 bridgehead atoms. The second-order valence-corrected chi connectivity index (χ2v) is 3.87. The molecule has 0 N–H and O–H groups in total. The zero-order valence-electron chi connectivity index (χ0n) is 9.59. The lowest BCUT2D eigenvalue weighted by molar-refractivity contribution is -0.186. The van der Waals surface area contributed by atoms with Crippen LogP contribution in [0.5, 0.6) is 11.5 Å². The van der Waals surface area contributed by atoms with E-state index in [-0.39, 0.29) is 0 Å². The van der Waals surface area contributed by atoms with Crippen molar-refractivity contribution in [2.75, 3.05) is 20.5 Å². The van der Waals surface area contributed by atoms with Crippen LogP contribution in [0.15, 0.2) is 18.2 Å². The van der Waals surface area contributed by atoms with E-state index >= 15 is 0 Å². The Morgan fingerprint density at radius 1 is 1.28 bits per heavy atom. The first-order valence-corrected chi connectivity index (χ1v) is 6.09. The maximum Gasteiger partial charge on any atom is 0.411 e. The van der Waals surface area contributed by atoms with Crippen LogP contribution in [-0.2, 0) is 10.1 Å². The Kier molecular flexibility index (Phi) is 5.74. The molecule has 1 rings (SSSR count). The molecule has 0 fully saturated rings. The molecule has 0 atom stereocenters. The lowest BCUT2D eigenvalue weighted by atomic mass is 10.2. The molecule has 1 aromatic rings. The first kappa shape index (κ1) is 15.1. The van der Waals surface area contributed by atoms with Crippen molar-refractivity contribution in [3.05, 3.63) is 23.8 Å². The maximum atomic E-state index is 11.9. The molecule has 18 heavy (non-hydrogen) atoms. The molecular weight excluding hydrogens is 317 g/mol. The minimum Gasteiger partial charge on any atom is -0.493 e. The molecule has 1 aromatic carbocycles. The van der Waals surface area contributed by atoms with Gasteiger partial charge in [-0.1, -0.05) is 28.1 Å². The molecule has 0 heterocycles. The number of ether oxygens (including phenoxy) is 3. The van der Waals surface area contributed by atoms with Gasteiger partial charge in [-0.3, -0.25) is 0 Å². The summed E-state index contributed by atoms with van der Waals surface area (Å²) in [7, 11) is 1.46. The van der Waals surface area contributed by atoms with E-state index in [4.69, 9.17) is 9.47 Å². The normalized spacial score (nSPS) is 11.4. The van der Waals surface area contributed by atoms with Gasteiger partial charge in [0.25, 0.3) is 0 Å². The van der Waals surface area contributed by atoms with Gasteiger partial charge in [0.15, 0.2) is 18.3 Å². The molecule has 0 unspecified atom stereocenters. The van der Waals surface area contributed by atoms with E-state index in [1.807, 2.05) is 0 Å². The average Bonchev–Trinajstić information content (AvgIpc) is 2.33. The Bertz CT molecular complexity index is 360. The topological polar surface area (TPSA) is 27.7 Å². The smallest absolute Gasteiger partial charge is 0.411 e. The van der Waals surface area contributed by atoms with Gasteiger partial charge < -0.3 is 14.2 Å². The van der Waals surface area contributed by atoms with Gasteiger partial charge in [0, 0.05) is 10.9 Å². The molecular formula is C11H12BrF3O3. The van der Waals surface area contributed by atoms with Crippen molar-refractivity contribution in [3.63, 3.8) is 0 Å². The fourth-order valence-electron chi connectivity index (χ4n) is 1.25. The van der Waals surface area contributed by atoms with E-state index in [1.54, 1.807) is 18.2 Å². The van der Waals surface area contributed by atoms with Crippen LogP contribution in [0, 0.1) is 0 Å². The van der Waals surface area contributed by atoms with Crippen LogP contribution in [0.1, 0.15) is 5.56 Å². The zero-order chi connectivity index (χ0) is 13.6. The lowest BCUT2D eigenvalue weighted by Gasteiger charge is -2.14. The van der Waals surface area contributed by atoms with Crippen molar-refractivity contribution >= 4 is 15.9 Å². The fourth-order valence-corrected chi connectivity index (χ4v) is 1.69. The molecule has 0 aliphatic carbocycles. The van der Waals surface area contributed by atoms with Gasteiger partial charge in [0.1, 0.15) is 6.61 Å². The third kappa shape index (κ3) is 4.73. The molecule has 0 aliphatic rings. The Balaban J connectivity index is 2.60. The van der Waals surface area contributed by atoms with Crippen molar-refractivity contribution in [2.24, 2.45) is 0 Å². The van der Waals surface area contributed by atoms with E-state index in [1.165, 1.54) is 7.11 Å². The van der Waals surface area contributed by atoms with Crippen molar-refractivity contribution in [1.82, 2.24) is 0 Å². The quantitative estimate of drug-likeness (QED) is 0.454. The van der Waals surface area contributed by atoms with E-state index in [0.717, 1.165) is 5.56 Å². The number of alkyl halides is 4. The minimum atomic E-state index is -4.36. The number of hydrogen-bond donors (Lipinski definition) is 0. The van der Waals surface area contributed by atoms with E-state index in [9.17, 15) is 13.2 Å².